The van der Waals surface area contributed by atoms with Gasteiger partial charge in [0.2, 0.25) is 0 Å². The molecule has 1 aromatic carbocycles. The van der Waals surface area contributed by atoms with Gasteiger partial charge < -0.3 is 10.4 Å². The molecule has 0 saturated heterocycles. The molecule has 1 amide bonds. The van der Waals surface area contributed by atoms with Crippen LogP contribution < -0.4 is 5.32 Å². The number of aromatic nitrogens is 1. The highest BCUT2D eigenvalue weighted by Gasteiger charge is 2.20. The Kier molecular flexibility index (Phi) is 4.88. The summed E-state index contributed by atoms with van der Waals surface area (Å²) in [6, 6.07) is 7.03. The van der Waals surface area contributed by atoms with Gasteiger partial charge in [0.15, 0.2) is 6.10 Å². The van der Waals surface area contributed by atoms with Crippen LogP contribution in [-0.4, -0.2) is 16.0 Å². The molecular formula is C15H14ClFN2O2. The Bertz CT molecular complexity index is 637. The maximum absolute atomic E-state index is 13.1. The SMILES string of the molecule is CC(NC(=O)C(O)c1cccnc1)c1ccc(F)c(Cl)c1. The Morgan fingerprint density at radius 1 is 1.38 bits per heavy atom. The molecular weight excluding hydrogens is 295 g/mol. The monoisotopic (exact) mass is 308 g/mol. The third-order valence-corrected chi connectivity index (χ3v) is 3.34. The zero-order valence-electron chi connectivity index (χ0n) is 11.3. The summed E-state index contributed by atoms with van der Waals surface area (Å²) in [5, 5.41) is 12.6. The minimum absolute atomic E-state index is 0.0126. The number of hydrogen-bond donors (Lipinski definition) is 2. The number of carbonyl (C=O) groups excluding carboxylic acids is 1. The lowest BCUT2D eigenvalue weighted by Gasteiger charge is -2.17. The molecule has 0 bridgehead atoms. The minimum atomic E-state index is -1.31. The summed E-state index contributed by atoms with van der Waals surface area (Å²) in [5.74, 6) is -1.08. The Morgan fingerprint density at radius 3 is 2.76 bits per heavy atom. The largest absolute Gasteiger partial charge is 0.378 e. The van der Waals surface area contributed by atoms with Crippen molar-refractivity contribution in [3.8, 4) is 0 Å². The van der Waals surface area contributed by atoms with Crippen LogP contribution in [0.15, 0.2) is 42.7 Å². The van der Waals surface area contributed by atoms with Gasteiger partial charge in [-0.2, -0.15) is 0 Å². The van der Waals surface area contributed by atoms with Crippen molar-refractivity contribution < 1.29 is 14.3 Å². The molecule has 0 spiro atoms. The molecule has 0 aliphatic rings. The average molecular weight is 309 g/mol. The van der Waals surface area contributed by atoms with E-state index < -0.39 is 23.9 Å². The van der Waals surface area contributed by atoms with Crippen LogP contribution >= 0.6 is 11.6 Å². The summed E-state index contributed by atoms with van der Waals surface area (Å²) in [6.45, 7) is 1.72. The molecule has 0 fully saturated rings. The summed E-state index contributed by atoms with van der Waals surface area (Å²) >= 11 is 5.71. The van der Waals surface area contributed by atoms with E-state index in [4.69, 9.17) is 11.6 Å². The van der Waals surface area contributed by atoms with Crippen molar-refractivity contribution in [2.24, 2.45) is 0 Å². The lowest BCUT2D eigenvalue weighted by atomic mass is 10.1. The van der Waals surface area contributed by atoms with Crippen LogP contribution in [0.4, 0.5) is 4.39 Å². The van der Waals surface area contributed by atoms with Gasteiger partial charge in [-0.05, 0) is 30.7 Å². The summed E-state index contributed by atoms with van der Waals surface area (Å²) in [7, 11) is 0. The number of rotatable bonds is 4. The molecule has 2 aromatic rings. The van der Waals surface area contributed by atoms with E-state index in [2.05, 4.69) is 10.3 Å². The molecule has 1 heterocycles. The smallest absolute Gasteiger partial charge is 0.254 e. The number of amides is 1. The number of nitrogens with one attached hydrogen (secondary N) is 1. The molecule has 2 atom stereocenters. The molecule has 6 heteroatoms. The standard InChI is InChI=1S/C15H14ClFN2O2/c1-9(10-4-5-13(17)12(16)7-10)19-15(21)14(20)11-3-2-6-18-8-11/h2-9,14,20H,1H3,(H,19,21). The van der Waals surface area contributed by atoms with Gasteiger partial charge in [0.05, 0.1) is 11.1 Å². The molecule has 2 N–H and O–H groups in total. The van der Waals surface area contributed by atoms with Crippen LogP contribution in [0, 0.1) is 5.82 Å². The van der Waals surface area contributed by atoms with E-state index in [1.54, 1.807) is 25.3 Å². The number of aliphatic hydroxyl groups is 1. The van der Waals surface area contributed by atoms with Crippen LogP contribution in [0.1, 0.15) is 30.2 Å². The third-order valence-electron chi connectivity index (χ3n) is 3.05. The first kappa shape index (κ1) is 15.4. The minimum Gasteiger partial charge on any atom is -0.378 e. The average Bonchev–Trinajstić information content (AvgIpc) is 2.50. The van der Waals surface area contributed by atoms with Gasteiger partial charge in [0, 0.05) is 18.0 Å². The first-order chi connectivity index (χ1) is 9.99. The number of halogens is 2. The quantitative estimate of drug-likeness (QED) is 0.913. The Labute approximate surface area is 126 Å². The number of nitrogens with zero attached hydrogens (tertiary/aromatic N) is 1. The zero-order valence-corrected chi connectivity index (χ0v) is 12.0. The molecule has 0 saturated carbocycles. The van der Waals surface area contributed by atoms with Gasteiger partial charge in [-0.1, -0.05) is 23.7 Å². The molecule has 4 nitrogen and oxygen atoms in total. The third kappa shape index (κ3) is 3.77. The highest BCUT2D eigenvalue weighted by atomic mass is 35.5. The summed E-state index contributed by atoms with van der Waals surface area (Å²) in [4.78, 5) is 15.8. The Balaban J connectivity index is 2.06. The second-order valence-corrected chi connectivity index (χ2v) is 5.00. The molecule has 21 heavy (non-hydrogen) atoms. The van der Waals surface area contributed by atoms with Crippen molar-refractivity contribution in [2.45, 2.75) is 19.1 Å². The summed E-state index contributed by atoms with van der Waals surface area (Å²) in [5.41, 5.74) is 1.05. The van der Waals surface area contributed by atoms with Crippen LogP contribution in [0.25, 0.3) is 0 Å². The van der Waals surface area contributed by atoms with Crippen molar-refractivity contribution in [3.05, 3.63) is 64.7 Å². The van der Waals surface area contributed by atoms with E-state index in [0.717, 1.165) is 0 Å². The zero-order chi connectivity index (χ0) is 15.4. The molecule has 0 aliphatic carbocycles. The number of benzene rings is 1. The van der Waals surface area contributed by atoms with E-state index in [9.17, 15) is 14.3 Å². The van der Waals surface area contributed by atoms with Gasteiger partial charge in [0.1, 0.15) is 5.82 Å². The fourth-order valence-electron chi connectivity index (χ4n) is 1.85. The Morgan fingerprint density at radius 2 is 2.14 bits per heavy atom. The second kappa shape index (κ2) is 6.65. The second-order valence-electron chi connectivity index (χ2n) is 4.59. The van der Waals surface area contributed by atoms with E-state index >= 15 is 0 Å². The maximum atomic E-state index is 13.1. The summed E-state index contributed by atoms with van der Waals surface area (Å²) in [6.07, 6.45) is 1.66. The number of aliphatic hydroxyl groups excluding tert-OH is 1. The van der Waals surface area contributed by atoms with Crippen molar-refractivity contribution in [2.75, 3.05) is 0 Å². The topological polar surface area (TPSA) is 62.2 Å². The number of carbonyl (C=O) groups is 1. The summed E-state index contributed by atoms with van der Waals surface area (Å²) < 4.78 is 13.1. The van der Waals surface area contributed by atoms with E-state index in [-0.39, 0.29) is 5.02 Å². The van der Waals surface area contributed by atoms with Gasteiger partial charge in [-0.3, -0.25) is 9.78 Å². The molecule has 0 aliphatic heterocycles. The van der Waals surface area contributed by atoms with Crippen LogP contribution in [0.2, 0.25) is 5.02 Å². The molecule has 1 aromatic heterocycles. The molecule has 0 radical (unpaired) electrons. The highest BCUT2D eigenvalue weighted by molar-refractivity contribution is 6.30. The van der Waals surface area contributed by atoms with E-state index in [0.29, 0.717) is 11.1 Å². The predicted molar refractivity (Wildman–Crippen MR) is 77.2 cm³/mol. The van der Waals surface area contributed by atoms with Crippen LogP contribution in [-0.2, 0) is 4.79 Å². The van der Waals surface area contributed by atoms with Gasteiger partial charge in [0.25, 0.3) is 5.91 Å². The van der Waals surface area contributed by atoms with E-state index in [1.807, 2.05) is 0 Å². The van der Waals surface area contributed by atoms with Crippen molar-refractivity contribution >= 4 is 17.5 Å². The lowest BCUT2D eigenvalue weighted by Crippen LogP contribution is -2.31. The van der Waals surface area contributed by atoms with Crippen LogP contribution in [0.5, 0.6) is 0 Å². The molecule has 110 valence electrons. The van der Waals surface area contributed by atoms with Crippen molar-refractivity contribution in [3.63, 3.8) is 0 Å². The van der Waals surface area contributed by atoms with E-state index in [1.165, 1.54) is 24.4 Å². The molecule has 2 unspecified atom stereocenters. The predicted octanol–water partition coefficient (Wildman–Crippen LogP) is 2.78. The van der Waals surface area contributed by atoms with Gasteiger partial charge in [-0.15, -0.1) is 0 Å². The fourth-order valence-corrected chi connectivity index (χ4v) is 2.04. The highest BCUT2D eigenvalue weighted by Crippen LogP contribution is 2.21. The van der Waals surface area contributed by atoms with Gasteiger partial charge in [-0.25, -0.2) is 4.39 Å². The number of hydrogen-bond acceptors (Lipinski definition) is 3. The maximum Gasteiger partial charge on any atom is 0.254 e. The van der Waals surface area contributed by atoms with Crippen molar-refractivity contribution in [1.29, 1.82) is 0 Å². The fraction of sp³-hybridized carbons (Fsp3) is 0.200. The Hall–Kier alpha value is -1.98. The lowest BCUT2D eigenvalue weighted by molar-refractivity contribution is -0.130. The normalized spacial score (nSPS) is 13.5. The van der Waals surface area contributed by atoms with Crippen molar-refractivity contribution in [1.82, 2.24) is 10.3 Å². The first-order valence-corrected chi connectivity index (χ1v) is 6.70. The number of pyridine rings is 1. The molecule has 2 rings (SSSR count). The first-order valence-electron chi connectivity index (χ1n) is 6.32. The van der Waals surface area contributed by atoms with Gasteiger partial charge >= 0.3 is 0 Å². The van der Waals surface area contributed by atoms with Crippen LogP contribution in [0.3, 0.4) is 0 Å².